The molecule has 0 unspecified atom stereocenters. The average molecular weight is 357 g/mol. The first kappa shape index (κ1) is 17.9. The lowest BCUT2D eigenvalue weighted by Gasteiger charge is -2.09. The summed E-state index contributed by atoms with van der Waals surface area (Å²) in [6, 6.07) is 6.64. The van der Waals surface area contributed by atoms with Gasteiger partial charge in [0, 0.05) is 19.5 Å². The SMILES string of the molecule is COC(=O)c1ccc(CNC(=O)NCc2nnc3n2CCCCC3)cc1. The van der Waals surface area contributed by atoms with Crippen LogP contribution < -0.4 is 10.6 Å². The molecular formula is C18H23N5O3. The molecule has 138 valence electrons. The number of nitrogens with one attached hydrogen (secondary N) is 2. The van der Waals surface area contributed by atoms with E-state index in [4.69, 9.17) is 0 Å². The molecule has 8 heteroatoms. The third-order valence-electron chi connectivity index (χ3n) is 4.42. The second kappa shape index (κ2) is 8.46. The van der Waals surface area contributed by atoms with Crippen LogP contribution in [-0.2, 0) is 30.8 Å². The molecule has 1 aromatic carbocycles. The molecule has 2 amide bonds. The van der Waals surface area contributed by atoms with E-state index in [2.05, 4.69) is 30.1 Å². The molecule has 0 radical (unpaired) electrons. The van der Waals surface area contributed by atoms with Crippen molar-refractivity contribution in [3.8, 4) is 0 Å². The number of aryl methyl sites for hydroxylation is 1. The molecular weight excluding hydrogens is 334 g/mol. The molecule has 26 heavy (non-hydrogen) atoms. The highest BCUT2D eigenvalue weighted by Gasteiger charge is 2.15. The van der Waals surface area contributed by atoms with Gasteiger partial charge in [-0.15, -0.1) is 10.2 Å². The molecule has 1 aromatic heterocycles. The molecule has 3 rings (SSSR count). The van der Waals surface area contributed by atoms with Crippen LogP contribution in [0.1, 0.15) is 46.8 Å². The van der Waals surface area contributed by atoms with E-state index in [9.17, 15) is 9.59 Å². The summed E-state index contributed by atoms with van der Waals surface area (Å²) in [7, 11) is 1.34. The zero-order valence-corrected chi connectivity index (χ0v) is 14.8. The Balaban J connectivity index is 1.47. The topological polar surface area (TPSA) is 98.1 Å². The lowest BCUT2D eigenvalue weighted by atomic mass is 10.1. The fourth-order valence-electron chi connectivity index (χ4n) is 2.96. The summed E-state index contributed by atoms with van der Waals surface area (Å²) in [5, 5.41) is 14.0. The number of rotatable bonds is 5. The van der Waals surface area contributed by atoms with E-state index in [1.165, 1.54) is 13.5 Å². The second-order valence-electron chi connectivity index (χ2n) is 6.22. The number of fused-ring (bicyclic) bond motifs is 1. The number of carbonyl (C=O) groups is 2. The van der Waals surface area contributed by atoms with Gasteiger partial charge in [0.05, 0.1) is 19.2 Å². The molecule has 0 bridgehead atoms. The Morgan fingerprint density at radius 3 is 2.62 bits per heavy atom. The predicted molar refractivity (Wildman–Crippen MR) is 94.4 cm³/mol. The van der Waals surface area contributed by atoms with Gasteiger partial charge >= 0.3 is 12.0 Å². The van der Waals surface area contributed by atoms with Crippen molar-refractivity contribution in [2.45, 2.75) is 45.3 Å². The number of methoxy groups -OCH3 is 1. The molecule has 0 aliphatic carbocycles. The van der Waals surface area contributed by atoms with Crippen molar-refractivity contribution in [1.29, 1.82) is 0 Å². The van der Waals surface area contributed by atoms with E-state index >= 15 is 0 Å². The minimum absolute atomic E-state index is 0.270. The normalized spacial score (nSPS) is 13.4. The zero-order valence-electron chi connectivity index (χ0n) is 14.8. The Hall–Kier alpha value is -2.90. The standard InChI is InChI=1S/C18H23N5O3/c1-26-17(24)14-8-6-13(7-9-14)11-19-18(25)20-12-16-22-21-15-5-3-2-4-10-23(15)16/h6-9H,2-5,10-12H2,1H3,(H2,19,20,25). The summed E-state index contributed by atoms with van der Waals surface area (Å²) in [5.41, 5.74) is 1.37. The summed E-state index contributed by atoms with van der Waals surface area (Å²) in [6.45, 7) is 1.62. The van der Waals surface area contributed by atoms with Gasteiger partial charge in [0.1, 0.15) is 5.82 Å². The first-order valence-corrected chi connectivity index (χ1v) is 8.77. The molecule has 2 aromatic rings. The Morgan fingerprint density at radius 2 is 1.85 bits per heavy atom. The molecule has 0 saturated carbocycles. The Labute approximate surface area is 151 Å². The van der Waals surface area contributed by atoms with Gasteiger partial charge in [-0.05, 0) is 30.5 Å². The highest BCUT2D eigenvalue weighted by molar-refractivity contribution is 5.89. The van der Waals surface area contributed by atoms with Gasteiger partial charge in [0.2, 0.25) is 0 Å². The van der Waals surface area contributed by atoms with Crippen LogP contribution in [0.4, 0.5) is 4.79 Å². The monoisotopic (exact) mass is 357 g/mol. The van der Waals surface area contributed by atoms with Gasteiger partial charge in [-0.25, -0.2) is 9.59 Å². The van der Waals surface area contributed by atoms with Crippen molar-refractivity contribution in [3.63, 3.8) is 0 Å². The first-order chi connectivity index (χ1) is 12.7. The van der Waals surface area contributed by atoms with Crippen molar-refractivity contribution in [1.82, 2.24) is 25.4 Å². The predicted octanol–water partition coefficient (Wildman–Crippen LogP) is 1.79. The summed E-state index contributed by atoms with van der Waals surface area (Å²) >= 11 is 0. The zero-order chi connectivity index (χ0) is 18.4. The molecule has 0 atom stereocenters. The summed E-state index contributed by atoms with van der Waals surface area (Å²) in [5.74, 6) is 1.42. The van der Waals surface area contributed by atoms with Crippen LogP contribution in [0.25, 0.3) is 0 Å². The van der Waals surface area contributed by atoms with Gasteiger partial charge in [-0.3, -0.25) is 0 Å². The number of amides is 2. The van der Waals surface area contributed by atoms with Crippen molar-refractivity contribution in [2.75, 3.05) is 7.11 Å². The maximum absolute atomic E-state index is 12.0. The highest BCUT2D eigenvalue weighted by Crippen LogP contribution is 2.14. The first-order valence-electron chi connectivity index (χ1n) is 8.77. The number of ether oxygens (including phenoxy) is 1. The van der Waals surface area contributed by atoms with Crippen LogP contribution in [0.2, 0.25) is 0 Å². The van der Waals surface area contributed by atoms with E-state index in [-0.39, 0.29) is 12.0 Å². The minimum Gasteiger partial charge on any atom is -0.465 e. The van der Waals surface area contributed by atoms with Gasteiger partial charge in [-0.2, -0.15) is 0 Å². The minimum atomic E-state index is -0.380. The molecule has 1 aliphatic heterocycles. The molecule has 2 N–H and O–H groups in total. The summed E-state index contributed by atoms with van der Waals surface area (Å²) in [4.78, 5) is 23.4. The van der Waals surface area contributed by atoms with Gasteiger partial charge in [0.15, 0.2) is 5.82 Å². The lowest BCUT2D eigenvalue weighted by Crippen LogP contribution is -2.35. The molecule has 0 saturated heterocycles. The third-order valence-corrected chi connectivity index (χ3v) is 4.42. The summed E-state index contributed by atoms with van der Waals surface area (Å²) < 4.78 is 6.77. The maximum Gasteiger partial charge on any atom is 0.337 e. The number of benzene rings is 1. The van der Waals surface area contributed by atoms with Gasteiger partial charge in [-0.1, -0.05) is 18.6 Å². The number of aromatic nitrogens is 3. The maximum atomic E-state index is 12.0. The molecule has 8 nitrogen and oxygen atoms in total. The Morgan fingerprint density at radius 1 is 1.08 bits per heavy atom. The quantitative estimate of drug-likeness (QED) is 0.795. The third kappa shape index (κ3) is 4.38. The van der Waals surface area contributed by atoms with Crippen LogP contribution in [0.5, 0.6) is 0 Å². The van der Waals surface area contributed by atoms with E-state index in [0.717, 1.165) is 43.0 Å². The van der Waals surface area contributed by atoms with Crippen LogP contribution in [0.15, 0.2) is 24.3 Å². The lowest BCUT2D eigenvalue weighted by molar-refractivity contribution is 0.0600. The molecule has 2 heterocycles. The number of carbonyl (C=O) groups excluding carboxylic acids is 2. The fraction of sp³-hybridized carbons (Fsp3) is 0.444. The molecule has 0 spiro atoms. The van der Waals surface area contributed by atoms with Crippen molar-refractivity contribution >= 4 is 12.0 Å². The fourth-order valence-corrected chi connectivity index (χ4v) is 2.96. The second-order valence-corrected chi connectivity index (χ2v) is 6.22. The van der Waals surface area contributed by atoms with Crippen molar-refractivity contribution in [3.05, 3.63) is 47.0 Å². The van der Waals surface area contributed by atoms with Gasteiger partial charge < -0.3 is 19.9 Å². The Bertz CT molecular complexity index is 770. The number of nitrogens with zero attached hydrogens (tertiary/aromatic N) is 3. The van der Waals surface area contributed by atoms with Crippen LogP contribution in [0, 0.1) is 0 Å². The smallest absolute Gasteiger partial charge is 0.337 e. The van der Waals surface area contributed by atoms with Crippen LogP contribution in [0.3, 0.4) is 0 Å². The number of hydrogen-bond donors (Lipinski definition) is 2. The number of hydrogen-bond acceptors (Lipinski definition) is 5. The van der Waals surface area contributed by atoms with E-state index in [1.54, 1.807) is 24.3 Å². The van der Waals surface area contributed by atoms with E-state index in [1.807, 2.05) is 0 Å². The van der Waals surface area contributed by atoms with Crippen molar-refractivity contribution in [2.24, 2.45) is 0 Å². The average Bonchev–Trinajstić information content (AvgIpc) is 2.90. The van der Waals surface area contributed by atoms with Crippen LogP contribution >= 0.6 is 0 Å². The van der Waals surface area contributed by atoms with Gasteiger partial charge in [0.25, 0.3) is 0 Å². The van der Waals surface area contributed by atoms with E-state index < -0.39 is 0 Å². The molecule has 0 fully saturated rings. The van der Waals surface area contributed by atoms with Crippen LogP contribution in [-0.4, -0.2) is 33.9 Å². The summed E-state index contributed by atoms with van der Waals surface area (Å²) in [6.07, 6.45) is 4.40. The number of urea groups is 1. The number of esters is 1. The molecule has 1 aliphatic rings. The highest BCUT2D eigenvalue weighted by atomic mass is 16.5. The Kier molecular flexibility index (Phi) is 5.83. The largest absolute Gasteiger partial charge is 0.465 e. The van der Waals surface area contributed by atoms with E-state index in [0.29, 0.717) is 18.7 Å². The van der Waals surface area contributed by atoms with Crippen molar-refractivity contribution < 1.29 is 14.3 Å².